The van der Waals surface area contributed by atoms with E-state index in [1.54, 1.807) is 0 Å². The molecule has 2 nitrogen and oxygen atoms in total. The molecule has 3 heteroatoms. The van der Waals surface area contributed by atoms with Crippen LogP contribution in [0.4, 0.5) is 0 Å². The van der Waals surface area contributed by atoms with E-state index in [1.807, 2.05) is 0 Å². The number of aryl methyl sites for hydroxylation is 1. The molecule has 0 fully saturated rings. The van der Waals surface area contributed by atoms with Crippen molar-refractivity contribution < 1.29 is 9.90 Å². The molecular weight excluding hydrogens is 411 g/mol. The maximum atomic E-state index is 10.6. The summed E-state index contributed by atoms with van der Waals surface area (Å²) in [6, 6.07) is 30.9. The number of benzene rings is 3. The fourth-order valence-corrected chi connectivity index (χ4v) is 6.68. The summed E-state index contributed by atoms with van der Waals surface area (Å²) < 4.78 is 0. The van der Waals surface area contributed by atoms with Gasteiger partial charge in [-0.2, -0.15) is 0 Å². The van der Waals surface area contributed by atoms with Gasteiger partial charge in [-0.1, -0.05) is 123 Å². The molecule has 0 radical (unpaired) electrons. The van der Waals surface area contributed by atoms with Crippen LogP contribution in [0.25, 0.3) is 0 Å². The summed E-state index contributed by atoms with van der Waals surface area (Å²) in [6.45, 7) is 0. The molecule has 1 N–H and O–H groups in total. The van der Waals surface area contributed by atoms with Crippen LogP contribution < -0.4 is 15.9 Å². The molecule has 0 heterocycles. The van der Waals surface area contributed by atoms with Gasteiger partial charge in [0.1, 0.15) is 0 Å². The van der Waals surface area contributed by atoms with Gasteiger partial charge in [0.15, 0.2) is 0 Å². The fourth-order valence-electron chi connectivity index (χ4n) is 4.17. The van der Waals surface area contributed by atoms with Crippen LogP contribution in [0.15, 0.2) is 84.9 Å². The number of hydrogen-bond donors (Lipinski definition) is 1. The zero-order chi connectivity index (χ0) is 22.4. The lowest BCUT2D eigenvalue weighted by Gasteiger charge is -2.22. The van der Waals surface area contributed by atoms with Crippen LogP contribution in [-0.2, 0) is 11.2 Å². The van der Waals surface area contributed by atoms with Gasteiger partial charge in [0, 0.05) is 6.42 Å². The van der Waals surface area contributed by atoms with Crippen molar-refractivity contribution in [3.8, 4) is 0 Å². The Bertz CT molecular complexity index is 885. The van der Waals surface area contributed by atoms with E-state index in [0.29, 0.717) is 6.42 Å². The van der Waals surface area contributed by atoms with E-state index < -0.39 is 13.9 Å². The van der Waals surface area contributed by atoms with Gasteiger partial charge < -0.3 is 5.11 Å². The first-order valence-corrected chi connectivity index (χ1v) is 13.3. The van der Waals surface area contributed by atoms with E-state index in [2.05, 4.69) is 84.9 Å². The van der Waals surface area contributed by atoms with Gasteiger partial charge in [-0.3, -0.25) is 4.79 Å². The molecule has 168 valence electrons. The van der Waals surface area contributed by atoms with Crippen molar-refractivity contribution >= 4 is 29.8 Å². The number of carbonyl (C=O) groups is 1. The lowest BCUT2D eigenvalue weighted by atomic mass is 10.0. The van der Waals surface area contributed by atoms with Crippen molar-refractivity contribution in [2.24, 2.45) is 0 Å². The lowest BCUT2D eigenvalue weighted by molar-refractivity contribution is -0.137. The summed E-state index contributed by atoms with van der Waals surface area (Å²) in [7, 11) is -0.550. The Morgan fingerprint density at radius 1 is 0.594 bits per heavy atom. The summed E-state index contributed by atoms with van der Waals surface area (Å²) in [4.78, 5) is 10.6. The Labute approximate surface area is 194 Å². The molecule has 3 rings (SSSR count). The Morgan fingerprint density at radius 2 is 1.06 bits per heavy atom. The second-order valence-electron chi connectivity index (χ2n) is 8.36. The molecule has 3 aromatic rings. The molecule has 0 bridgehead atoms. The minimum atomic E-state index is -0.673. The summed E-state index contributed by atoms with van der Waals surface area (Å²) >= 11 is 0. The number of rotatable bonds is 14. The molecular formula is C29H35O2P. The zero-order valence-electron chi connectivity index (χ0n) is 19.0. The Hall–Kier alpha value is -2.44. The SMILES string of the molecule is O=C(O)CCCCCCCCCCc1ccccc1P(c1ccccc1)c1ccccc1. The Kier molecular flexibility index (Phi) is 10.5. The third-order valence-electron chi connectivity index (χ3n) is 5.85. The first kappa shape index (κ1) is 24.2. The van der Waals surface area contributed by atoms with Crippen molar-refractivity contribution in [3.05, 3.63) is 90.5 Å². The Balaban J connectivity index is 1.55. The average Bonchev–Trinajstić information content (AvgIpc) is 2.82. The predicted molar refractivity (Wildman–Crippen MR) is 138 cm³/mol. The number of unbranched alkanes of at least 4 members (excludes halogenated alkanes) is 7. The van der Waals surface area contributed by atoms with Crippen molar-refractivity contribution in [2.75, 3.05) is 0 Å². The highest BCUT2D eigenvalue weighted by Crippen LogP contribution is 2.34. The van der Waals surface area contributed by atoms with E-state index in [4.69, 9.17) is 5.11 Å². The van der Waals surface area contributed by atoms with Crippen molar-refractivity contribution in [1.29, 1.82) is 0 Å². The topological polar surface area (TPSA) is 37.3 Å². The van der Waals surface area contributed by atoms with Crippen LogP contribution in [0.5, 0.6) is 0 Å². The summed E-state index contributed by atoms with van der Waals surface area (Å²) in [5, 5.41) is 13.0. The molecule has 0 saturated heterocycles. The number of carboxylic acid groups (broad SMARTS) is 1. The van der Waals surface area contributed by atoms with Crippen LogP contribution in [0.1, 0.15) is 63.4 Å². The van der Waals surface area contributed by atoms with E-state index >= 15 is 0 Å². The molecule has 0 aliphatic heterocycles. The standard InChI is InChI=1S/C29H35O2P/c30-29(31)24-14-6-4-2-1-3-5-9-17-25-18-15-16-23-28(25)32(26-19-10-7-11-20-26)27-21-12-8-13-22-27/h7-8,10-13,15-16,18-23H,1-6,9,14,17,24H2,(H,30,31). The van der Waals surface area contributed by atoms with Gasteiger partial charge >= 0.3 is 5.97 Å². The van der Waals surface area contributed by atoms with Gasteiger partial charge in [-0.05, 0) is 48.7 Å². The third-order valence-corrected chi connectivity index (χ3v) is 8.40. The minimum absolute atomic E-state index is 0.313. The highest BCUT2D eigenvalue weighted by molar-refractivity contribution is 7.79. The van der Waals surface area contributed by atoms with Crippen LogP contribution in [0.3, 0.4) is 0 Å². The smallest absolute Gasteiger partial charge is 0.303 e. The fraction of sp³-hybridized carbons (Fsp3) is 0.345. The van der Waals surface area contributed by atoms with E-state index in [9.17, 15) is 4.79 Å². The first-order valence-electron chi connectivity index (χ1n) is 12.0. The summed E-state index contributed by atoms with van der Waals surface area (Å²) in [5.74, 6) is -0.673. The van der Waals surface area contributed by atoms with Gasteiger partial charge in [0.2, 0.25) is 0 Å². The molecule has 0 aliphatic carbocycles. The van der Waals surface area contributed by atoms with Gasteiger partial charge in [-0.15, -0.1) is 0 Å². The van der Waals surface area contributed by atoms with Crippen molar-refractivity contribution in [1.82, 2.24) is 0 Å². The maximum absolute atomic E-state index is 10.6. The molecule has 0 atom stereocenters. The van der Waals surface area contributed by atoms with Gasteiger partial charge in [-0.25, -0.2) is 0 Å². The van der Waals surface area contributed by atoms with E-state index in [0.717, 1.165) is 25.7 Å². The third kappa shape index (κ3) is 7.92. The number of aliphatic carboxylic acids is 1. The largest absolute Gasteiger partial charge is 0.481 e. The second kappa shape index (κ2) is 13.9. The molecule has 0 amide bonds. The molecule has 0 spiro atoms. The molecule has 0 aliphatic rings. The maximum Gasteiger partial charge on any atom is 0.303 e. The molecule has 0 unspecified atom stereocenters. The Morgan fingerprint density at radius 3 is 1.62 bits per heavy atom. The number of carboxylic acids is 1. The highest BCUT2D eigenvalue weighted by Gasteiger charge is 2.18. The quantitative estimate of drug-likeness (QED) is 0.224. The average molecular weight is 447 g/mol. The van der Waals surface area contributed by atoms with Gasteiger partial charge in [0.25, 0.3) is 0 Å². The molecule has 0 saturated carbocycles. The molecule has 3 aromatic carbocycles. The van der Waals surface area contributed by atoms with Gasteiger partial charge in [0.05, 0.1) is 0 Å². The first-order chi connectivity index (χ1) is 15.8. The highest BCUT2D eigenvalue weighted by atomic mass is 31.1. The molecule has 0 aromatic heterocycles. The number of hydrogen-bond acceptors (Lipinski definition) is 1. The van der Waals surface area contributed by atoms with Crippen molar-refractivity contribution in [2.45, 2.75) is 64.2 Å². The van der Waals surface area contributed by atoms with E-state index in [1.165, 1.54) is 53.6 Å². The van der Waals surface area contributed by atoms with E-state index in [-0.39, 0.29) is 0 Å². The summed E-state index contributed by atoms with van der Waals surface area (Å²) in [6.07, 6.45) is 10.7. The second-order valence-corrected chi connectivity index (χ2v) is 10.5. The van der Waals surface area contributed by atoms with Crippen LogP contribution in [-0.4, -0.2) is 11.1 Å². The molecule has 32 heavy (non-hydrogen) atoms. The zero-order valence-corrected chi connectivity index (χ0v) is 19.9. The van der Waals surface area contributed by atoms with Crippen LogP contribution in [0, 0.1) is 0 Å². The monoisotopic (exact) mass is 446 g/mol. The van der Waals surface area contributed by atoms with Crippen LogP contribution in [0.2, 0.25) is 0 Å². The van der Waals surface area contributed by atoms with Crippen LogP contribution >= 0.6 is 7.92 Å². The lowest BCUT2D eigenvalue weighted by Crippen LogP contribution is -2.23. The minimum Gasteiger partial charge on any atom is -0.481 e. The summed E-state index contributed by atoms with van der Waals surface area (Å²) in [5.41, 5.74) is 1.49. The normalized spacial score (nSPS) is 11.0. The predicted octanol–water partition coefficient (Wildman–Crippen LogP) is 6.58. The van der Waals surface area contributed by atoms with Crippen molar-refractivity contribution in [3.63, 3.8) is 0 Å².